The zero-order valence-corrected chi connectivity index (χ0v) is 19.0. The molecule has 178 valence electrons. The second-order valence-corrected chi connectivity index (χ2v) is 7.76. The highest BCUT2D eigenvalue weighted by Crippen LogP contribution is 2.44. The standard InChI is InChI=1S/C26H28N2O6/c1-3-9-22(24(30)25(31)27-15-23(29)33-14-4-2)28-26(32)34-16-21-19-12-7-5-10-17(19)18-11-6-8-13-20(18)21/h4-8,10-13,21-22H,2-3,9,14-16H2,1H3,(H,27,31)(H,28,32)/p-1/t22-/m0/s1. The quantitative estimate of drug-likeness (QED) is 0.179. The highest BCUT2D eigenvalue weighted by Gasteiger charge is 2.27. The Balaban J connectivity index is 1.64. The average molecular weight is 464 g/mol. The number of hydrogen-bond acceptors (Lipinski definition) is 7. The molecular weight excluding hydrogens is 436 g/mol. The Morgan fingerprint density at radius 2 is 1.71 bits per heavy atom. The summed E-state index contributed by atoms with van der Waals surface area (Å²) in [6.45, 7) is 4.81. The zero-order chi connectivity index (χ0) is 24.5. The Labute approximate surface area is 198 Å². The second-order valence-electron chi connectivity index (χ2n) is 7.76. The minimum Gasteiger partial charge on any atom is -0.599 e. The van der Waals surface area contributed by atoms with Crippen LogP contribution in [0.4, 0.5) is 0 Å². The summed E-state index contributed by atoms with van der Waals surface area (Å²) in [6.07, 6.45) is 1.18. The highest BCUT2D eigenvalue weighted by molar-refractivity contribution is 6.38. The minimum atomic E-state index is -1.19. The van der Waals surface area contributed by atoms with E-state index in [1.165, 1.54) is 6.08 Å². The fraction of sp³-hybridized carbons (Fsp3) is 0.308. The van der Waals surface area contributed by atoms with Gasteiger partial charge in [-0.3, -0.25) is 19.4 Å². The summed E-state index contributed by atoms with van der Waals surface area (Å²) in [4.78, 5) is 40.0. The molecule has 0 aliphatic heterocycles. The molecule has 8 nitrogen and oxygen atoms in total. The molecule has 1 atom stereocenters. The number of hydrogen-bond donors (Lipinski definition) is 1. The van der Waals surface area contributed by atoms with Crippen molar-refractivity contribution >= 4 is 23.7 Å². The van der Waals surface area contributed by atoms with Gasteiger partial charge in [-0.2, -0.15) is 0 Å². The third kappa shape index (κ3) is 5.89. The van der Waals surface area contributed by atoms with Gasteiger partial charge in [0.15, 0.2) is 0 Å². The summed E-state index contributed by atoms with van der Waals surface area (Å²) in [5.74, 6) is -2.77. The van der Waals surface area contributed by atoms with Crippen LogP contribution in [0.2, 0.25) is 0 Å². The van der Waals surface area contributed by atoms with Crippen molar-refractivity contribution in [2.24, 2.45) is 4.99 Å². The van der Waals surface area contributed by atoms with E-state index in [0.29, 0.717) is 6.42 Å². The van der Waals surface area contributed by atoms with Crippen molar-refractivity contribution < 1.29 is 29.0 Å². The molecule has 0 spiro atoms. The number of amides is 1. The van der Waals surface area contributed by atoms with Crippen LogP contribution in [-0.4, -0.2) is 49.5 Å². The third-order valence-electron chi connectivity index (χ3n) is 5.44. The van der Waals surface area contributed by atoms with Gasteiger partial charge in [0.25, 0.3) is 5.91 Å². The lowest BCUT2D eigenvalue weighted by molar-refractivity contribution is -0.251. The van der Waals surface area contributed by atoms with Gasteiger partial charge in [-0.1, -0.05) is 74.5 Å². The molecule has 1 aliphatic carbocycles. The van der Waals surface area contributed by atoms with Gasteiger partial charge >= 0.3 is 5.97 Å². The number of ether oxygens (including phenoxy) is 2. The molecular formula is C26H27N2O6-. The van der Waals surface area contributed by atoms with E-state index in [4.69, 9.17) is 9.47 Å². The molecule has 0 aromatic heterocycles. The summed E-state index contributed by atoms with van der Waals surface area (Å²) in [6, 6.07) is 14.7. The molecule has 2 aromatic rings. The molecule has 0 heterocycles. The van der Waals surface area contributed by atoms with Gasteiger partial charge in [-0.15, -0.1) is 0 Å². The molecule has 1 amide bonds. The van der Waals surface area contributed by atoms with E-state index in [1.807, 2.05) is 48.5 Å². The maximum absolute atomic E-state index is 12.5. The summed E-state index contributed by atoms with van der Waals surface area (Å²) in [5, 5.41) is 14.7. The minimum absolute atomic E-state index is 0.00176. The van der Waals surface area contributed by atoms with Gasteiger partial charge in [-0.25, -0.2) is 0 Å². The van der Waals surface area contributed by atoms with Crippen LogP contribution in [0.5, 0.6) is 0 Å². The van der Waals surface area contributed by atoms with Gasteiger partial charge in [0.05, 0.1) is 0 Å². The summed E-state index contributed by atoms with van der Waals surface area (Å²) in [5.41, 5.74) is 4.30. The Kier molecular flexibility index (Phi) is 8.56. The Hall–Kier alpha value is -3.94. The number of esters is 1. The van der Waals surface area contributed by atoms with Crippen LogP contribution in [0.15, 0.2) is 66.2 Å². The van der Waals surface area contributed by atoms with E-state index in [9.17, 15) is 19.5 Å². The lowest BCUT2D eigenvalue weighted by atomic mass is 9.98. The summed E-state index contributed by atoms with van der Waals surface area (Å²) >= 11 is 0. The number of carbonyl (C=O) groups is 3. The monoisotopic (exact) mass is 463 g/mol. The molecule has 0 radical (unpaired) electrons. The van der Waals surface area contributed by atoms with Crippen molar-refractivity contribution in [3.8, 4) is 11.1 Å². The maximum atomic E-state index is 12.5. The van der Waals surface area contributed by atoms with Crippen LogP contribution in [0, 0.1) is 0 Å². The first kappa shape index (κ1) is 24.7. The normalized spacial score (nSPS) is 13.4. The number of fused-ring (bicyclic) bond motifs is 3. The van der Waals surface area contributed by atoms with E-state index in [2.05, 4.69) is 16.9 Å². The van der Waals surface area contributed by atoms with Crippen molar-refractivity contribution in [1.82, 2.24) is 5.32 Å². The highest BCUT2D eigenvalue weighted by atomic mass is 16.6. The lowest BCUT2D eigenvalue weighted by Gasteiger charge is -2.22. The predicted octanol–water partition coefficient (Wildman–Crippen LogP) is 2.12. The molecule has 0 saturated heterocycles. The van der Waals surface area contributed by atoms with Crippen molar-refractivity contribution in [2.45, 2.75) is 31.7 Å². The smallest absolute Gasteiger partial charge is 0.325 e. The van der Waals surface area contributed by atoms with Crippen molar-refractivity contribution in [2.75, 3.05) is 19.8 Å². The van der Waals surface area contributed by atoms with Gasteiger partial charge in [-0.05, 0) is 28.7 Å². The van der Waals surface area contributed by atoms with Crippen LogP contribution in [0.1, 0.15) is 36.8 Å². The van der Waals surface area contributed by atoms with Crippen LogP contribution < -0.4 is 10.4 Å². The van der Waals surface area contributed by atoms with Crippen molar-refractivity contribution in [1.29, 1.82) is 0 Å². The molecule has 34 heavy (non-hydrogen) atoms. The lowest BCUT2D eigenvalue weighted by Crippen LogP contribution is -2.41. The number of nitrogens with one attached hydrogen (secondary N) is 1. The van der Waals surface area contributed by atoms with E-state index < -0.39 is 36.3 Å². The van der Waals surface area contributed by atoms with E-state index >= 15 is 0 Å². The SMILES string of the molecule is C=CCOC(=O)CNC(=O)C(=O)[C@H](CCC)N=C([O-])OCC1c2ccccc2-c2ccccc21. The molecule has 8 heteroatoms. The largest absolute Gasteiger partial charge is 0.599 e. The number of ketones is 1. The van der Waals surface area contributed by atoms with Crippen molar-refractivity contribution in [3.05, 3.63) is 72.3 Å². The zero-order valence-electron chi connectivity index (χ0n) is 19.0. The number of carbonyl (C=O) groups excluding carboxylic acids is 3. The molecule has 1 N–H and O–H groups in total. The van der Waals surface area contributed by atoms with Gasteiger partial charge in [0.1, 0.15) is 25.3 Å². The molecule has 0 fully saturated rings. The molecule has 0 bridgehead atoms. The van der Waals surface area contributed by atoms with E-state index in [1.54, 1.807) is 6.92 Å². The third-order valence-corrected chi connectivity index (χ3v) is 5.44. The predicted molar refractivity (Wildman–Crippen MR) is 125 cm³/mol. The maximum Gasteiger partial charge on any atom is 0.325 e. The number of nitrogens with zero attached hydrogens (tertiary/aromatic N) is 1. The van der Waals surface area contributed by atoms with Crippen LogP contribution >= 0.6 is 0 Å². The number of Topliss-reactive ketones (excluding diaryl/α,β-unsaturated/α-hetero) is 1. The average Bonchev–Trinajstić information content (AvgIpc) is 3.17. The van der Waals surface area contributed by atoms with E-state index in [0.717, 1.165) is 22.3 Å². The van der Waals surface area contributed by atoms with Crippen LogP contribution in [-0.2, 0) is 23.9 Å². The van der Waals surface area contributed by atoms with Crippen molar-refractivity contribution in [3.63, 3.8) is 0 Å². The number of rotatable bonds is 11. The summed E-state index contributed by atoms with van der Waals surface area (Å²) in [7, 11) is 0. The molecule has 1 aliphatic rings. The van der Waals surface area contributed by atoms with E-state index in [-0.39, 0.29) is 25.6 Å². The molecule has 2 aromatic carbocycles. The van der Waals surface area contributed by atoms with Crippen LogP contribution in [0.3, 0.4) is 0 Å². The van der Waals surface area contributed by atoms with Crippen LogP contribution in [0.25, 0.3) is 11.1 Å². The Bertz CT molecular complexity index is 1050. The first-order valence-corrected chi connectivity index (χ1v) is 11.1. The second kappa shape index (κ2) is 11.8. The fourth-order valence-electron chi connectivity index (χ4n) is 3.88. The Morgan fingerprint density at radius 3 is 2.29 bits per heavy atom. The molecule has 0 saturated carbocycles. The number of aliphatic imine (C=N–C) groups is 1. The topological polar surface area (TPSA) is 117 Å². The Morgan fingerprint density at radius 1 is 1.09 bits per heavy atom. The summed E-state index contributed by atoms with van der Waals surface area (Å²) < 4.78 is 10.2. The molecule has 3 rings (SSSR count). The fourth-order valence-corrected chi connectivity index (χ4v) is 3.88. The first-order valence-electron chi connectivity index (χ1n) is 11.1. The van der Waals surface area contributed by atoms with Gasteiger partial charge in [0.2, 0.25) is 5.78 Å². The molecule has 0 unspecified atom stereocenters. The van der Waals surface area contributed by atoms with Gasteiger partial charge in [0, 0.05) is 12.5 Å². The first-order chi connectivity index (χ1) is 16.5. The van der Waals surface area contributed by atoms with Gasteiger partial charge < -0.3 is 19.9 Å². The number of benzene rings is 2.